The van der Waals surface area contributed by atoms with E-state index in [4.69, 9.17) is 0 Å². The zero-order valence-electron chi connectivity index (χ0n) is 16.8. The van der Waals surface area contributed by atoms with Crippen molar-refractivity contribution in [3.8, 4) is 0 Å². The average molecular weight is 394 g/mol. The van der Waals surface area contributed by atoms with Crippen LogP contribution in [0, 0.1) is 0 Å². The number of hydrogen-bond donors (Lipinski definition) is 1. The number of urea groups is 1. The molecule has 1 aliphatic rings. The van der Waals surface area contributed by atoms with Crippen molar-refractivity contribution in [1.82, 2.24) is 14.7 Å². The number of nitrogens with one attached hydrogen (secondary N) is 1. The molecule has 1 heterocycles. The first-order valence-electron chi connectivity index (χ1n) is 9.64. The van der Waals surface area contributed by atoms with Crippen LogP contribution in [0.3, 0.4) is 0 Å². The Bertz CT molecular complexity index is 875. The zero-order valence-corrected chi connectivity index (χ0v) is 16.8. The summed E-state index contributed by atoms with van der Waals surface area (Å²) in [7, 11) is 3.42. The van der Waals surface area contributed by atoms with E-state index in [1.165, 1.54) is 4.90 Å². The molecule has 0 unspecified atom stereocenters. The largest absolute Gasteiger partial charge is 0.349 e. The Balaban J connectivity index is 1.58. The van der Waals surface area contributed by atoms with Crippen LogP contribution in [0.5, 0.6) is 0 Å². The molecule has 2 aromatic rings. The van der Waals surface area contributed by atoms with Crippen molar-refractivity contribution in [3.05, 3.63) is 65.7 Å². The standard InChI is InChI=1S/C22H26N4O3/c1-24(2)20(27)16-18-10-6-7-11-19(18)23-22(29)26-14-12-25(13-15-26)21(28)17-8-4-3-5-9-17/h3-11H,12-16H2,1-2H3,(H,23,29). The molecule has 1 N–H and O–H groups in total. The van der Waals surface area contributed by atoms with Crippen LogP contribution in [0.15, 0.2) is 54.6 Å². The Morgan fingerprint density at radius 2 is 1.45 bits per heavy atom. The normalized spacial score (nSPS) is 13.7. The SMILES string of the molecule is CN(C)C(=O)Cc1ccccc1NC(=O)N1CCN(C(=O)c2ccccc2)CC1. The lowest BCUT2D eigenvalue weighted by atomic mass is 10.1. The van der Waals surface area contributed by atoms with Gasteiger partial charge in [-0.15, -0.1) is 0 Å². The molecule has 0 aliphatic carbocycles. The Morgan fingerprint density at radius 3 is 2.10 bits per heavy atom. The molecular formula is C22H26N4O3. The van der Waals surface area contributed by atoms with Gasteiger partial charge in [-0.2, -0.15) is 0 Å². The second kappa shape index (κ2) is 9.23. The maximum absolute atomic E-state index is 12.7. The third kappa shape index (κ3) is 5.13. The van der Waals surface area contributed by atoms with Gasteiger partial charge in [-0.3, -0.25) is 9.59 Å². The van der Waals surface area contributed by atoms with Crippen molar-refractivity contribution in [3.63, 3.8) is 0 Å². The fraction of sp³-hybridized carbons (Fsp3) is 0.318. The molecule has 0 atom stereocenters. The van der Waals surface area contributed by atoms with Gasteiger partial charge in [0, 0.05) is 51.5 Å². The van der Waals surface area contributed by atoms with Gasteiger partial charge >= 0.3 is 6.03 Å². The molecule has 0 saturated carbocycles. The van der Waals surface area contributed by atoms with Crippen LogP contribution in [-0.2, 0) is 11.2 Å². The summed E-state index contributed by atoms with van der Waals surface area (Å²) in [5.74, 6) is -0.0436. The molecule has 152 valence electrons. The van der Waals surface area contributed by atoms with Crippen molar-refractivity contribution >= 4 is 23.5 Å². The number of likely N-dealkylation sites (N-methyl/N-ethyl adjacent to an activating group) is 1. The second-order valence-corrected chi connectivity index (χ2v) is 7.20. The van der Waals surface area contributed by atoms with Crippen LogP contribution in [0.25, 0.3) is 0 Å². The van der Waals surface area contributed by atoms with E-state index in [1.54, 1.807) is 42.1 Å². The van der Waals surface area contributed by atoms with Crippen LogP contribution >= 0.6 is 0 Å². The van der Waals surface area contributed by atoms with E-state index in [2.05, 4.69) is 5.32 Å². The lowest BCUT2D eigenvalue weighted by Gasteiger charge is -2.35. The van der Waals surface area contributed by atoms with E-state index in [0.29, 0.717) is 37.4 Å². The number of piperazine rings is 1. The molecular weight excluding hydrogens is 368 g/mol. The zero-order chi connectivity index (χ0) is 20.8. The number of hydrogen-bond acceptors (Lipinski definition) is 3. The topological polar surface area (TPSA) is 73.0 Å². The van der Waals surface area contributed by atoms with Gasteiger partial charge in [0.2, 0.25) is 5.91 Å². The highest BCUT2D eigenvalue weighted by Gasteiger charge is 2.25. The highest BCUT2D eigenvalue weighted by molar-refractivity contribution is 5.95. The molecule has 0 radical (unpaired) electrons. The first-order valence-corrected chi connectivity index (χ1v) is 9.64. The second-order valence-electron chi connectivity index (χ2n) is 7.20. The molecule has 0 aromatic heterocycles. The summed E-state index contributed by atoms with van der Waals surface area (Å²) in [6.07, 6.45) is 0.225. The van der Waals surface area contributed by atoms with Gasteiger partial charge in [-0.1, -0.05) is 36.4 Å². The van der Waals surface area contributed by atoms with Crippen LogP contribution in [-0.4, -0.2) is 72.8 Å². The number of benzene rings is 2. The van der Waals surface area contributed by atoms with E-state index in [-0.39, 0.29) is 24.3 Å². The number of amides is 4. The number of carbonyl (C=O) groups excluding carboxylic acids is 3. The molecule has 0 bridgehead atoms. The van der Waals surface area contributed by atoms with E-state index in [9.17, 15) is 14.4 Å². The van der Waals surface area contributed by atoms with E-state index >= 15 is 0 Å². The van der Waals surface area contributed by atoms with Gasteiger partial charge in [0.05, 0.1) is 6.42 Å². The number of para-hydroxylation sites is 1. The highest BCUT2D eigenvalue weighted by Crippen LogP contribution is 2.18. The highest BCUT2D eigenvalue weighted by atomic mass is 16.2. The minimum absolute atomic E-state index is 0.0156. The fourth-order valence-corrected chi connectivity index (χ4v) is 3.19. The average Bonchev–Trinajstić information content (AvgIpc) is 2.75. The van der Waals surface area contributed by atoms with Crippen molar-refractivity contribution < 1.29 is 14.4 Å². The Hall–Kier alpha value is -3.35. The van der Waals surface area contributed by atoms with Crippen LogP contribution in [0.4, 0.5) is 10.5 Å². The molecule has 0 spiro atoms. The van der Waals surface area contributed by atoms with Gasteiger partial charge in [-0.05, 0) is 23.8 Å². The summed E-state index contributed by atoms with van der Waals surface area (Å²) in [4.78, 5) is 42.3. The predicted molar refractivity (Wildman–Crippen MR) is 112 cm³/mol. The fourth-order valence-electron chi connectivity index (χ4n) is 3.19. The number of rotatable bonds is 4. The third-order valence-corrected chi connectivity index (χ3v) is 4.97. The molecule has 1 fully saturated rings. The van der Waals surface area contributed by atoms with Crippen LogP contribution in [0.1, 0.15) is 15.9 Å². The Morgan fingerprint density at radius 1 is 0.862 bits per heavy atom. The maximum atomic E-state index is 12.7. The molecule has 7 nitrogen and oxygen atoms in total. The summed E-state index contributed by atoms with van der Waals surface area (Å²) >= 11 is 0. The van der Waals surface area contributed by atoms with Crippen molar-refractivity contribution in [2.75, 3.05) is 45.6 Å². The smallest absolute Gasteiger partial charge is 0.321 e. The molecule has 1 aliphatic heterocycles. The lowest BCUT2D eigenvalue weighted by molar-refractivity contribution is -0.127. The third-order valence-electron chi connectivity index (χ3n) is 4.97. The van der Waals surface area contributed by atoms with E-state index in [0.717, 1.165) is 5.56 Å². The van der Waals surface area contributed by atoms with Gasteiger partial charge < -0.3 is 20.0 Å². The monoisotopic (exact) mass is 394 g/mol. The maximum Gasteiger partial charge on any atom is 0.321 e. The lowest BCUT2D eigenvalue weighted by Crippen LogP contribution is -2.51. The molecule has 7 heteroatoms. The summed E-state index contributed by atoms with van der Waals surface area (Å²) in [5, 5.41) is 2.91. The van der Waals surface area contributed by atoms with Gasteiger partial charge in [-0.25, -0.2) is 4.79 Å². The van der Waals surface area contributed by atoms with Crippen molar-refractivity contribution in [1.29, 1.82) is 0 Å². The van der Waals surface area contributed by atoms with E-state index < -0.39 is 0 Å². The quantitative estimate of drug-likeness (QED) is 0.865. The predicted octanol–water partition coefficient (Wildman–Crippen LogP) is 2.31. The number of anilines is 1. The van der Waals surface area contributed by atoms with Crippen LogP contribution < -0.4 is 5.32 Å². The molecule has 3 rings (SSSR count). The Labute approximate surface area is 170 Å². The summed E-state index contributed by atoms with van der Waals surface area (Å²) < 4.78 is 0. The first kappa shape index (κ1) is 20.4. The Kier molecular flexibility index (Phi) is 6.49. The van der Waals surface area contributed by atoms with Crippen molar-refractivity contribution in [2.45, 2.75) is 6.42 Å². The minimum atomic E-state index is -0.221. The molecule has 4 amide bonds. The first-order chi connectivity index (χ1) is 14.0. The number of nitrogens with zero attached hydrogens (tertiary/aromatic N) is 3. The summed E-state index contributed by atoms with van der Waals surface area (Å²) in [6.45, 7) is 1.90. The molecule has 2 aromatic carbocycles. The van der Waals surface area contributed by atoms with E-state index in [1.807, 2.05) is 36.4 Å². The number of carbonyl (C=O) groups is 3. The minimum Gasteiger partial charge on any atom is -0.349 e. The van der Waals surface area contributed by atoms with Crippen LogP contribution in [0.2, 0.25) is 0 Å². The van der Waals surface area contributed by atoms with Gasteiger partial charge in [0.1, 0.15) is 0 Å². The van der Waals surface area contributed by atoms with Crippen molar-refractivity contribution in [2.24, 2.45) is 0 Å². The summed E-state index contributed by atoms with van der Waals surface area (Å²) in [6, 6.07) is 16.3. The molecule has 1 saturated heterocycles. The van der Waals surface area contributed by atoms with Gasteiger partial charge in [0.25, 0.3) is 5.91 Å². The molecule has 29 heavy (non-hydrogen) atoms. The summed E-state index contributed by atoms with van der Waals surface area (Å²) in [5.41, 5.74) is 2.07. The van der Waals surface area contributed by atoms with Gasteiger partial charge in [0.15, 0.2) is 0 Å².